The molecule has 2 aromatic rings. The molecule has 3 nitrogen and oxygen atoms in total. The molecular formula is C18H26N2O. The van der Waals surface area contributed by atoms with Crippen molar-refractivity contribution < 1.29 is 4.74 Å². The van der Waals surface area contributed by atoms with Crippen LogP contribution in [0, 0.1) is 6.92 Å². The first-order valence-corrected chi connectivity index (χ1v) is 7.40. The summed E-state index contributed by atoms with van der Waals surface area (Å²) in [5, 5.41) is 3.51. The van der Waals surface area contributed by atoms with Gasteiger partial charge in [-0.15, -0.1) is 0 Å². The highest BCUT2D eigenvalue weighted by Crippen LogP contribution is 2.21. The molecule has 3 heteroatoms. The number of aromatic nitrogens is 1. The van der Waals surface area contributed by atoms with E-state index in [0.29, 0.717) is 0 Å². The van der Waals surface area contributed by atoms with Crippen LogP contribution in [0.25, 0.3) is 0 Å². The van der Waals surface area contributed by atoms with Crippen molar-refractivity contribution in [2.75, 3.05) is 7.11 Å². The van der Waals surface area contributed by atoms with Crippen LogP contribution in [-0.2, 0) is 13.1 Å². The first kappa shape index (κ1) is 15.6. The van der Waals surface area contributed by atoms with Crippen molar-refractivity contribution in [2.24, 2.45) is 0 Å². The molecule has 0 amide bonds. The Morgan fingerprint density at radius 2 is 1.95 bits per heavy atom. The molecular weight excluding hydrogens is 260 g/mol. The Balaban J connectivity index is 2.07. The van der Waals surface area contributed by atoms with Crippen LogP contribution in [-0.4, -0.2) is 17.2 Å². The van der Waals surface area contributed by atoms with Crippen molar-refractivity contribution in [1.82, 2.24) is 9.88 Å². The topological polar surface area (TPSA) is 26.2 Å². The minimum Gasteiger partial charge on any atom is -0.496 e. The van der Waals surface area contributed by atoms with Crippen molar-refractivity contribution >= 4 is 0 Å². The second-order valence-corrected chi connectivity index (χ2v) is 6.61. The van der Waals surface area contributed by atoms with Crippen molar-refractivity contribution in [2.45, 2.75) is 46.3 Å². The summed E-state index contributed by atoms with van der Waals surface area (Å²) in [6.45, 7) is 10.4. The van der Waals surface area contributed by atoms with Crippen molar-refractivity contribution in [1.29, 1.82) is 0 Å². The van der Waals surface area contributed by atoms with Crippen LogP contribution in [0.4, 0.5) is 0 Å². The molecule has 0 bridgehead atoms. The van der Waals surface area contributed by atoms with Crippen LogP contribution < -0.4 is 10.1 Å². The Kier molecular flexibility index (Phi) is 4.73. The minimum absolute atomic E-state index is 0.141. The minimum atomic E-state index is 0.141. The third-order valence-electron chi connectivity index (χ3n) is 3.42. The lowest BCUT2D eigenvalue weighted by atomic mass is 10.1. The van der Waals surface area contributed by atoms with Crippen molar-refractivity contribution in [3.63, 3.8) is 0 Å². The van der Waals surface area contributed by atoms with Crippen molar-refractivity contribution in [3.8, 4) is 5.75 Å². The van der Waals surface area contributed by atoms with Crippen LogP contribution in [0.3, 0.4) is 0 Å². The van der Waals surface area contributed by atoms with Gasteiger partial charge in [0.05, 0.1) is 13.7 Å². The van der Waals surface area contributed by atoms with Gasteiger partial charge in [-0.1, -0.05) is 17.7 Å². The Morgan fingerprint density at radius 3 is 2.62 bits per heavy atom. The molecule has 2 rings (SSSR count). The Morgan fingerprint density at radius 1 is 1.19 bits per heavy atom. The number of hydrogen-bond acceptors (Lipinski definition) is 2. The number of methoxy groups -OCH3 is 1. The Hall–Kier alpha value is -1.74. The van der Waals surface area contributed by atoms with Gasteiger partial charge in [0, 0.05) is 30.0 Å². The van der Waals surface area contributed by atoms with E-state index in [1.54, 1.807) is 7.11 Å². The van der Waals surface area contributed by atoms with Gasteiger partial charge in [0.25, 0.3) is 0 Å². The summed E-state index contributed by atoms with van der Waals surface area (Å²) < 4.78 is 7.65. The van der Waals surface area contributed by atoms with E-state index in [0.717, 1.165) is 18.8 Å². The molecule has 0 aliphatic rings. The lowest BCUT2D eigenvalue weighted by molar-refractivity contribution is 0.408. The van der Waals surface area contributed by atoms with Crippen LogP contribution in [0.1, 0.15) is 37.5 Å². The molecule has 1 aromatic heterocycles. The van der Waals surface area contributed by atoms with Gasteiger partial charge in [-0.05, 0) is 45.4 Å². The molecule has 1 aromatic carbocycles. The molecule has 0 saturated heterocycles. The van der Waals surface area contributed by atoms with Crippen LogP contribution in [0.15, 0.2) is 36.7 Å². The zero-order chi connectivity index (χ0) is 15.5. The maximum Gasteiger partial charge on any atom is 0.123 e. The summed E-state index contributed by atoms with van der Waals surface area (Å²) in [4.78, 5) is 0. The predicted octanol–water partition coefficient (Wildman–Crippen LogP) is 3.74. The fourth-order valence-corrected chi connectivity index (χ4v) is 2.29. The molecule has 0 aliphatic carbocycles. The first-order valence-electron chi connectivity index (χ1n) is 7.40. The van der Waals surface area contributed by atoms with Crippen molar-refractivity contribution in [3.05, 3.63) is 53.3 Å². The number of ether oxygens (including phenoxy) is 1. The highest BCUT2D eigenvalue weighted by molar-refractivity contribution is 5.37. The lowest BCUT2D eigenvalue weighted by Crippen LogP contribution is -2.34. The van der Waals surface area contributed by atoms with Gasteiger partial charge in [0.15, 0.2) is 0 Å². The largest absolute Gasteiger partial charge is 0.496 e. The fourth-order valence-electron chi connectivity index (χ4n) is 2.29. The number of benzene rings is 1. The number of aryl methyl sites for hydroxylation is 1. The zero-order valence-electron chi connectivity index (χ0n) is 13.7. The summed E-state index contributed by atoms with van der Waals surface area (Å²) in [5.41, 5.74) is 3.91. The molecule has 0 unspecified atom stereocenters. The normalized spacial score (nSPS) is 11.7. The third kappa shape index (κ3) is 4.64. The maximum atomic E-state index is 5.45. The molecule has 0 aliphatic heterocycles. The van der Waals surface area contributed by atoms with E-state index >= 15 is 0 Å². The summed E-state index contributed by atoms with van der Waals surface area (Å²) >= 11 is 0. The van der Waals surface area contributed by atoms with E-state index < -0.39 is 0 Å². The summed E-state index contributed by atoms with van der Waals surface area (Å²) in [6.07, 6.45) is 4.32. The molecule has 1 heterocycles. The molecule has 0 saturated carbocycles. The van der Waals surface area contributed by atoms with E-state index in [1.807, 2.05) is 6.07 Å². The maximum absolute atomic E-state index is 5.45. The highest BCUT2D eigenvalue weighted by Gasteiger charge is 2.09. The summed E-state index contributed by atoms with van der Waals surface area (Å²) in [7, 11) is 1.72. The van der Waals surface area contributed by atoms with Gasteiger partial charge in [-0.3, -0.25) is 0 Å². The van der Waals surface area contributed by atoms with E-state index in [9.17, 15) is 0 Å². The number of nitrogens with one attached hydrogen (secondary N) is 1. The molecule has 0 fully saturated rings. The van der Waals surface area contributed by atoms with Gasteiger partial charge in [-0.2, -0.15) is 0 Å². The molecule has 0 spiro atoms. The monoisotopic (exact) mass is 286 g/mol. The standard InChI is InChI=1S/C18H26N2O/c1-14-6-7-17(21-5)16(10-14)13-20-9-8-15(12-20)11-19-18(2,3)4/h6-10,12,19H,11,13H2,1-5H3. The van der Waals surface area contributed by atoms with Crippen LogP contribution in [0.5, 0.6) is 5.75 Å². The SMILES string of the molecule is COc1ccc(C)cc1Cn1ccc(CNC(C)(C)C)c1. The molecule has 114 valence electrons. The van der Waals surface area contributed by atoms with E-state index in [2.05, 4.69) is 68.2 Å². The van der Waals surface area contributed by atoms with Gasteiger partial charge < -0.3 is 14.6 Å². The average Bonchev–Trinajstić information content (AvgIpc) is 2.84. The Bertz CT molecular complexity index is 594. The molecule has 0 radical (unpaired) electrons. The third-order valence-corrected chi connectivity index (χ3v) is 3.42. The van der Waals surface area contributed by atoms with Gasteiger partial charge in [-0.25, -0.2) is 0 Å². The van der Waals surface area contributed by atoms with Crippen LogP contribution in [0.2, 0.25) is 0 Å². The first-order chi connectivity index (χ1) is 9.87. The lowest BCUT2D eigenvalue weighted by Gasteiger charge is -2.19. The van der Waals surface area contributed by atoms with Gasteiger partial charge in [0.1, 0.15) is 5.75 Å². The quantitative estimate of drug-likeness (QED) is 0.906. The average molecular weight is 286 g/mol. The van der Waals surface area contributed by atoms with Crippen LogP contribution >= 0.6 is 0 Å². The number of rotatable bonds is 5. The highest BCUT2D eigenvalue weighted by atomic mass is 16.5. The zero-order valence-corrected chi connectivity index (χ0v) is 13.7. The molecule has 0 atom stereocenters. The van der Waals surface area contributed by atoms with E-state index in [4.69, 9.17) is 4.74 Å². The number of nitrogens with zero attached hydrogens (tertiary/aromatic N) is 1. The summed E-state index contributed by atoms with van der Waals surface area (Å²) in [6, 6.07) is 8.47. The second-order valence-electron chi connectivity index (χ2n) is 6.61. The Labute approximate surface area is 127 Å². The van der Waals surface area contributed by atoms with E-state index in [1.165, 1.54) is 16.7 Å². The smallest absolute Gasteiger partial charge is 0.123 e. The van der Waals surface area contributed by atoms with Gasteiger partial charge in [0.2, 0.25) is 0 Å². The fraction of sp³-hybridized carbons (Fsp3) is 0.444. The molecule has 21 heavy (non-hydrogen) atoms. The second kappa shape index (κ2) is 6.35. The number of hydrogen-bond donors (Lipinski definition) is 1. The predicted molar refractivity (Wildman–Crippen MR) is 87.9 cm³/mol. The van der Waals surface area contributed by atoms with Gasteiger partial charge >= 0.3 is 0 Å². The molecule has 1 N–H and O–H groups in total. The van der Waals surface area contributed by atoms with E-state index in [-0.39, 0.29) is 5.54 Å². The summed E-state index contributed by atoms with van der Waals surface area (Å²) in [5.74, 6) is 0.948.